The highest BCUT2D eigenvalue weighted by Gasteiger charge is 2.39. The van der Waals surface area contributed by atoms with Gasteiger partial charge in [-0.05, 0) is 50.9 Å². The monoisotopic (exact) mass is 528 g/mol. The number of hydrogen-bond acceptors (Lipinski definition) is 6. The van der Waals surface area contributed by atoms with Crippen LogP contribution in [0.15, 0.2) is 12.1 Å². The van der Waals surface area contributed by atoms with Gasteiger partial charge in [0.1, 0.15) is 5.82 Å². The number of benzene rings is 1. The van der Waals surface area contributed by atoms with Crippen LogP contribution in [0.3, 0.4) is 0 Å². The molecule has 1 aromatic heterocycles. The van der Waals surface area contributed by atoms with Gasteiger partial charge in [0.15, 0.2) is 5.78 Å². The van der Waals surface area contributed by atoms with Crippen LogP contribution in [0.5, 0.6) is 0 Å². The number of Topliss-reactive ketones (excluding diaryl/α,β-unsaturated/α-hetero) is 1. The minimum atomic E-state index is -0.785. The summed E-state index contributed by atoms with van der Waals surface area (Å²) in [7, 11) is 3.85. The van der Waals surface area contributed by atoms with Crippen molar-refractivity contribution in [3.8, 4) is 5.69 Å². The van der Waals surface area contributed by atoms with Crippen molar-refractivity contribution >= 4 is 17.4 Å². The number of halogens is 1. The Balaban J connectivity index is 0.000000505. The Morgan fingerprint density at radius 1 is 1.18 bits per heavy atom. The van der Waals surface area contributed by atoms with Crippen LogP contribution >= 0.6 is 0 Å². The number of aliphatic hydroxyl groups is 1. The molecule has 1 aliphatic heterocycles. The standard InChI is InChI=1S/C25H30FN3O3.C4H11NO/c1-25(2)10-19-22(21(30)11-25)16-12-32-13-20(16)29(19)15-8-17(26)23(24(27)31)18(9-15)28-14-6-4-3-5-7-14;1-5(2)3-4-6/h8-9,14,28H,3-7,10-13H2,1-2H3,(H2,27,31);6H,3-4H2,1-2H3. The fourth-order valence-corrected chi connectivity index (χ4v) is 5.88. The molecule has 208 valence electrons. The first-order valence-corrected chi connectivity index (χ1v) is 13.5. The molecule has 2 heterocycles. The highest BCUT2D eigenvalue weighted by Crippen LogP contribution is 2.43. The fourth-order valence-electron chi connectivity index (χ4n) is 5.88. The molecular formula is C29H41FN4O4. The molecule has 0 saturated heterocycles. The first kappa shape index (κ1) is 28.3. The molecule has 4 N–H and O–H groups in total. The van der Waals surface area contributed by atoms with E-state index in [4.69, 9.17) is 15.6 Å². The Bertz CT molecular complexity index is 1200. The Hall–Kier alpha value is -2.75. The van der Waals surface area contributed by atoms with Gasteiger partial charge < -0.3 is 30.4 Å². The number of rotatable bonds is 6. The number of carbonyl (C=O) groups excluding carboxylic acids is 2. The van der Waals surface area contributed by atoms with Crippen LogP contribution in [0.4, 0.5) is 10.1 Å². The summed E-state index contributed by atoms with van der Waals surface area (Å²) in [4.78, 5) is 27.1. The molecule has 0 bridgehead atoms. The molecule has 0 atom stereocenters. The molecule has 9 heteroatoms. The Labute approximate surface area is 224 Å². The van der Waals surface area contributed by atoms with Crippen LogP contribution in [0.1, 0.15) is 90.0 Å². The van der Waals surface area contributed by atoms with Crippen LogP contribution in [-0.4, -0.2) is 59.6 Å². The lowest BCUT2D eigenvalue weighted by molar-refractivity contribution is 0.0899. The average Bonchev–Trinajstić information content (AvgIpc) is 3.38. The second-order valence-corrected chi connectivity index (χ2v) is 11.7. The highest BCUT2D eigenvalue weighted by atomic mass is 19.1. The maximum atomic E-state index is 15.3. The maximum absolute atomic E-state index is 15.3. The third-order valence-corrected chi connectivity index (χ3v) is 7.62. The number of likely N-dealkylation sites (N-methyl/N-ethyl adjacent to an activating group) is 1. The van der Waals surface area contributed by atoms with Crippen molar-refractivity contribution in [2.75, 3.05) is 32.6 Å². The van der Waals surface area contributed by atoms with E-state index in [1.807, 2.05) is 29.6 Å². The van der Waals surface area contributed by atoms with E-state index >= 15 is 4.39 Å². The van der Waals surface area contributed by atoms with E-state index in [9.17, 15) is 9.59 Å². The minimum Gasteiger partial charge on any atom is -0.395 e. The summed E-state index contributed by atoms with van der Waals surface area (Å²) in [5.74, 6) is -1.32. The molecular weight excluding hydrogens is 487 g/mol. The molecule has 1 aromatic carbocycles. The molecule has 38 heavy (non-hydrogen) atoms. The summed E-state index contributed by atoms with van der Waals surface area (Å²) in [6, 6.07) is 3.35. The number of fused-ring (bicyclic) bond motifs is 3. The van der Waals surface area contributed by atoms with Gasteiger partial charge in [-0.1, -0.05) is 33.1 Å². The first-order valence-electron chi connectivity index (χ1n) is 13.5. The van der Waals surface area contributed by atoms with E-state index in [1.54, 1.807) is 0 Å². The number of nitrogens with one attached hydrogen (secondary N) is 1. The molecule has 0 unspecified atom stereocenters. The molecule has 2 aromatic rings. The summed E-state index contributed by atoms with van der Waals surface area (Å²) in [6.45, 7) is 5.96. The number of ether oxygens (including phenoxy) is 1. The van der Waals surface area contributed by atoms with Crippen LogP contribution in [0.2, 0.25) is 0 Å². The molecule has 8 nitrogen and oxygen atoms in total. The number of nitrogens with two attached hydrogens (primary N) is 1. The van der Waals surface area contributed by atoms with Crippen molar-refractivity contribution in [1.82, 2.24) is 9.47 Å². The molecule has 3 aliphatic rings. The third-order valence-electron chi connectivity index (χ3n) is 7.62. The topological polar surface area (TPSA) is 110 Å². The maximum Gasteiger partial charge on any atom is 0.253 e. The fraction of sp³-hybridized carbons (Fsp3) is 0.586. The molecule has 1 saturated carbocycles. The van der Waals surface area contributed by atoms with Gasteiger partial charge in [0.25, 0.3) is 5.91 Å². The molecule has 1 fully saturated rings. The number of amides is 1. The normalized spacial score (nSPS) is 18.6. The van der Waals surface area contributed by atoms with Gasteiger partial charge in [-0.25, -0.2) is 4.39 Å². The zero-order valence-electron chi connectivity index (χ0n) is 23.0. The number of aliphatic hydroxyl groups excluding tert-OH is 1. The molecule has 5 rings (SSSR count). The Morgan fingerprint density at radius 3 is 2.50 bits per heavy atom. The number of primary amides is 1. The molecule has 0 spiro atoms. The number of nitrogens with zero attached hydrogens (tertiary/aromatic N) is 2. The van der Waals surface area contributed by atoms with Crippen LogP contribution in [0.25, 0.3) is 5.69 Å². The predicted octanol–water partition coefficient (Wildman–Crippen LogP) is 4.19. The number of ketones is 1. The van der Waals surface area contributed by atoms with Crippen LogP contribution in [-0.2, 0) is 24.4 Å². The van der Waals surface area contributed by atoms with E-state index in [0.717, 1.165) is 54.7 Å². The van der Waals surface area contributed by atoms with Gasteiger partial charge in [-0.2, -0.15) is 0 Å². The zero-order valence-corrected chi connectivity index (χ0v) is 23.0. The Morgan fingerprint density at radius 2 is 1.89 bits per heavy atom. The van der Waals surface area contributed by atoms with Gasteiger partial charge in [-0.3, -0.25) is 9.59 Å². The smallest absolute Gasteiger partial charge is 0.253 e. The van der Waals surface area contributed by atoms with Crippen molar-refractivity contribution in [3.63, 3.8) is 0 Å². The number of anilines is 1. The van der Waals surface area contributed by atoms with Gasteiger partial charge in [0.2, 0.25) is 0 Å². The van der Waals surface area contributed by atoms with E-state index in [0.29, 0.717) is 37.4 Å². The highest BCUT2D eigenvalue weighted by molar-refractivity contribution is 6.01. The first-order chi connectivity index (χ1) is 18.0. The lowest BCUT2D eigenvalue weighted by Gasteiger charge is -2.30. The number of aromatic nitrogens is 1. The van der Waals surface area contributed by atoms with Crippen molar-refractivity contribution in [3.05, 3.63) is 46.0 Å². The minimum absolute atomic E-state index is 0.107. The van der Waals surface area contributed by atoms with E-state index < -0.39 is 11.7 Å². The SMILES string of the molecule is CC1(C)CC(=O)c2c3c(n(-c4cc(F)c(C(N)=O)c(NC5CCCCC5)c4)c2C1)COC3.CN(C)CCO. The van der Waals surface area contributed by atoms with Gasteiger partial charge >= 0.3 is 0 Å². The second kappa shape index (κ2) is 11.6. The molecule has 2 aliphatic carbocycles. The van der Waals surface area contributed by atoms with Crippen molar-refractivity contribution in [2.24, 2.45) is 11.1 Å². The van der Waals surface area contributed by atoms with Crippen LogP contribution in [0, 0.1) is 11.2 Å². The molecule has 0 radical (unpaired) electrons. The van der Waals surface area contributed by atoms with Gasteiger partial charge in [0.05, 0.1) is 42.5 Å². The van der Waals surface area contributed by atoms with E-state index in [1.165, 1.54) is 12.5 Å². The largest absolute Gasteiger partial charge is 0.395 e. The summed E-state index contributed by atoms with van der Waals surface area (Å²) in [5.41, 5.74) is 9.76. The van der Waals surface area contributed by atoms with E-state index in [2.05, 4.69) is 19.2 Å². The van der Waals surface area contributed by atoms with Gasteiger partial charge in [0, 0.05) is 35.8 Å². The van der Waals surface area contributed by atoms with Gasteiger partial charge in [-0.15, -0.1) is 0 Å². The van der Waals surface area contributed by atoms with Crippen molar-refractivity contribution in [1.29, 1.82) is 0 Å². The summed E-state index contributed by atoms with van der Waals surface area (Å²) < 4.78 is 22.9. The summed E-state index contributed by atoms with van der Waals surface area (Å²) >= 11 is 0. The predicted molar refractivity (Wildman–Crippen MR) is 145 cm³/mol. The van der Waals surface area contributed by atoms with Crippen molar-refractivity contribution in [2.45, 2.75) is 78.0 Å². The number of carbonyl (C=O) groups is 2. The quantitative estimate of drug-likeness (QED) is 0.519. The lowest BCUT2D eigenvalue weighted by atomic mass is 9.75. The van der Waals surface area contributed by atoms with Crippen molar-refractivity contribution < 1.29 is 23.8 Å². The number of hydrogen-bond donors (Lipinski definition) is 3. The molecule has 1 amide bonds. The average molecular weight is 529 g/mol. The Kier molecular flexibility index (Phi) is 8.59. The summed E-state index contributed by atoms with van der Waals surface area (Å²) in [6.07, 6.45) is 6.58. The van der Waals surface area contributed by atoms with E-state index in [-0.39, 0.29) is 29.4 Å². The zero-order chi connectivity index (χ0) is 27.6. The lowest BCUT2D eigenvalue weighted by Crippen LogP contribution is -2.29. The second-order valence-electron chi connectivity index (χ2n) is 11.7. The third kappa shape index (κ3) is 5.95. The summed E-state index contributed by atoms with van der Waals surface area (Å²) in [5, 5.41) is 11.6. The van der Waals surface area contributed by atoms with Crippen LogP contribution < -0.4 is 11.1 Å².